The predicted octanol–water partition coefficient (Wildman–Crippen LogP) is 2.50. The lowest BCUT2D eigenvalue weighted by molar-refractivity contribution is 0.394. The molecule has 0 radical (unpaired) electrons. The van der Waals surface area contributed by atoms with E-state index >= 15 is 0 Å². The molecule has 1 aromatic rings. The SMILES string of the molecule is CNCCc1c(F)c(F)cc(Br)c1OC. The van der Waals surface area contributed by atoms with Crippen LogP contribution in [0.15, 0.2) is 10.5 Å². The summed E-state index contributed by atoms with van der Waals surface area (Å²) in [7, 11) is 3.18. The summed E-state index contributed by atoms with van der Waals surface area (Å²) in [5.74, 6) is -1.36. The zero-order valence-electron chi connectivity index (χ0n) is 8.53. The Morgan fingerprint density at radius 1 is 1.47 bits per heavy atom. The molecule has 0 aliphatic carbocycles. The maximum Gasteiger partial charge on any atom is 0.165 e. The van der Waals surface area contributed by atoms with Gasteiger partial charge in [0.05, 0.1) is 11.6 Å². The summed E-state index contributed by atoms with van der Waals surface area (Å²) in [6.45, 7) is 0.559. The Hall–Kier alpha value is -0.680. The molecule has 1 rings (SSSR count). The molecule has 0 aliphatic rings. The van der Waals surface area contributed by atoms with Crippen LogP contribution in [0.4, 0.5) is 8.78 Å². The molecular weight excluding hydrogens is 268 g/mol. The fourth-order valence-electron chi connectivity index (χ4n) is 1.32. The first-order chi connectivity index (χ1) is 7.11. The zero-order valence-corrected chi connectivity index (χ0v) is 10.1. The molecule has 0 amide bonds. The Balaban J connectivity index is 3.18. The second kappa shape index (κ2) is 5.42. The van der Waals surface area contributed by atoms with Crippen LogP contribution in [-0.4, -0.2) is 20.7 Å². The molecule has 1 N–H and O–H groups in total. The van der Waals surface area contributed by atoms with Gasteiger partial charge in [-0.1, -0.05) is 0 Å². The van der Waals surface area contributed by atoms with Gasteiger partial charge in [0.2, 0.25) is 0 Å². The van der Waals surface area contributed by atoms with Crippen LogP contribution in [0, 0.1) is 11.6 Å². The van der Waals surface area contributed by atoms with Crippen molar-refractivity contribution in [3.8, 4) is 5.75 Å². The van der Waals surface area contributed by atoms with Crippen molar-refractivity contribution in [3.05, 3.63) is 27.7 Å². The number of halogens is 3. The monoisotopic (exact) mass is 279 g/mol. The zero-order chi connectivity index (χ0) is 11.4. The van der Waals surface area contributed by atoms with Crippen molar-refractivity contribution >= 4 is 15.9 Å². The number of benzene rings is 1. The topological polar surface area (TPSA) is 21.3 Å². The Kier molecular flexibility index (Phi) is 4.47. The summed E-state index contributed by atoms with van der Waals surface area (Å²) in [5.41, 5.74) is 0.249. The van der Waals surface area contributed by atoms with E-state index in [4.69, 9.17) is 4.74 Å². The highest BCUT2D eigenvalue weighted by Crippen LogP contribution is 2.32. The molecule has 5 heteroatoms. The third-order valence-electron chi connectivity index (χ3n) is 2.05. The second-order valence-corrected chi connectivity index (χ2v) is 3.87. The molecular formula is C10H12BrF2NO. The molecule has 0 atom stereocenters. The normalized spacial score (nSPS) is 10.5. The van der Waals surface area contributed by atoms with E-state index in [1.54, 1.807) is 7.05 Å². The maximum absolute atomic E-state index is 13.4. The highest BCUT2D eigenvalue weighted by molar-refractivity contribution is 9.10. The number of likely N-dealkylation sites (N-methyl/N-ethyl adjacent to an activating group) is 1. The minimum atomic E-state index is -0.867. The average Bonchev–Trinajstić information content (AvgIpc) is 2.21. The quantitative estimate of drug-likeness (QED) is 0.856. The van der Waals surface area contributed by atoms with Crippen molar-refractivity contribution in [1.82, 2.24) is 5.32 Å². The van der Waals surface area contributed by atoms with Crippen LogP contribution in [0.5, 0.6) is 5.75 Å². The first kappa shape index (κ1) is 12.4. The van der Waals surface area contributed by atoms with Gasteiger partial charge in [-0.25, -0.2) is 8.78 Å². The van der Waals surface area contributed by atoms with E-state index in [9.17, 15) is 8.78 Å². The Labute approximate surface area is 95.8 Å². The van der Waals surface area contributed by atoms with Crippen molar-refractivity contribution in [2.24, 2.45) is 0 Å². The van der Waals surface area contributed by atoms with Gasteiger partial charge in [0.25, 0.3) is 0 Å². The van der Waals surface area contributed by atoms with E-state index < -0.39 is 11.6 Å². The number of hydrogen-bond donors (Lipinski definition) is 1. The number of rotatable bonds is 4. The smallest absolute Gasteiger partial charge is 0.165 e. The van der Waals surface area contributed by atoms with Crippen molar-refractivity contribution in [3.63, 3.8) is 0 Å². The van der Waals surface area contributed by atoms with Crippen LogP contribution in [0.3, 0.4) is 0 Å². The third-order valence-corrected chi connectivity index (χ3v) is 2.64. The van der Waals surface area contributed by atoms with Gasteiger partial charge in [-0.2, -0.15) is 0 Å². The predicted molar refractivity (Wildman–Crippen MR) is 58.2 cm³/mol. The fraction of sp³-hybridized carbons (Fsp3) is 0.400. The number of nitrogens with one attached hydrogen (secondary N) is 1. The van der Waals surface area contributed by atoms with E-state index in [-0.39, 0.29) is 5.56 Å². The second-order valence-electron chi connectivity index (χ2n) is 3.02. The van der Waals surface area contributed by atoms with Crippen molar-refractivity contribution in [1.29, 1.82) is 0 Å². The van der Waals surface area contributed by atoms with Gasteiger partial charge in [-0.3, -0.25) is 0 Å². The van der Waals surface area contributed by atoms with E-state index in [0.29, 0.717) is 23.2 Å². The van der Waals surface area contributed by atoms with Gasteiger partial charge in [0, 0.05) is 5.56 Å². The molecule has 0 saturated heterocycles. The van der Waals surface area contributed by atoms with Crippen LogP contribution in [-0.2, 0) is 6.42 Å². The van der Waals surface area contributed by atoms with Gasteiger partial charge in [-0.15, -0.1) is 0 Å². The van der Waals surface area contributed by atoms with Gasteiger partial charge >= 0.3 is 0 Å². The lowest BCUT2D eigenvalue weighted by Crippen LogP contribution is -2.13. The molecule has 0 fully saturated rings. The van der Waals surface area contributed by atoms with E-state index in [0.717, 1.165) is 6.07 Å². The molecule has 2 nitrogen and oxygen atoms in total. The van der Waals surface area contributed by atoms with Crippen molar-refractivity contribution < 1.29 is 13.5 Å². The van der Waals surface area contributed by atoms with Crippen molar-refractivity contribution in [2.75, 3.05) is 20.7 Å². The molecule has 0 saturated carbocycles. The minimum Gasteiger partial charge on any atom is -0.495 e. The van der Waals surface area contributed by atoms with Crippen LogP contribution in [0.1, 0.15) is 5.56 Å². The van der Waals surface area contributed by atoms with Gasteiger partial charge in [0.15, 0.2) is 11.6 Å². The minimum absolute atomic E-state index is 0.249. The fourth-order valence-corrected chi connectivity index (χ4v) is 1.92. The number of methoxy groups -OCH3 is 1. The molecule has 1 aromatic carbocycles. The standard InChI is InChI=1S/C10H12BrF2NO/c1-14-4-3-6-9(13)8(12)5-7(11)10(6)15-2/h5,14H,3-4H2,1-2H3. The van der Waals surface area contributed by atoms with Gasteiger partial charge < -0.3 is 10.1 Å². The van der Waals surface area contributed by atoms with E-state index in [1.165, 1.54) is 7.11 Å². The van der Waals surface area contributed by atoms with E-state index in [2.05, 4.69) is 21.2 Å². The largest absolute Gasteiger partial charge is 0.495 e. The van der Waals surface area contributed by atoms with E-state index in [1.807, 2.05) is 0 Å². The molecule has 0 unspecified atom stereocenters. The molecule has 0 aromatic heterocycles. The Morgan fingerprint density at radius 2 is 2.13 bits per heavy atom. The molecule has 0 spiro atoms. The Bertz CT molecular complexity index is 358. The van der Waals surface area contributed by atoms with Crippen LogP contribution >= 0.6 is 15.9 Å². The highest BCUT2D eigenvalue weighted by Gasteiger charge is 2.17. The van der Waals surface area contributed by atoms with Crippen LogP contribution in [0.2, 0.25) is 0 Å². The molecule has 84 valence electrons. The van der Waals surface area contributed by atoms with Gasteiger partial charge in [-0.05, 0) is 42.0 Å². The molecule has 15 heavy (non-hydrogen) atoms. The highest BCUT2D eigenvalue weighted by atomic mass is 79.9. The van der Waals surface area contributed by atoms with Gasteiger partial charge in [0.1, 0.15) is 5.75 Å². The van der Waals surface area contributed by atoms with Crippen LogP contribution in [0.25, 0.3) is 0 Å². The molecule has 0 aliphatic heterocycles. The lowest BCUT2D eigenvalue weighted by Gasteiger charge is -2.12. The summed E-state index contributed by atoms with van der Waals surface area (Å²) in [6, 6.07) is 1.07. The lowest BCUT2D eigenvalue weighted by atomic mass is 10.1. The summed E-state index contributed by atoms with van der Waals surface area (Å²) in [4.78, 5) is 0. The summed E-state index contributed by atoms with van der Waals surface area (Å²) < 4.78 is 32.0. The maximum atomic E-state index is 13.4. The third kappa shape index (κ3) is 2.66. The summed E-state index contributed by atoms with van der Waals surface area (Å²) >= 11 is 3.13. The summed E-state index contributed by atoms with van der Waals surface area (Å²) in [6.07, 6.45) is 0.377. The van der Waals surface area contributed by atoms with Crippen LogP contribution < -0.4 is 10.1 Å². The summed E-state index contributed by atoms with van der Waals surface area (Å²) in [5, 5.41) is 2.87. The Morgan fingerprint density at radius 3 is 2.67 bits per heavy atom. The number of hydrogen-bond acceptors (Lipinski definition) is 2. The molecule has 0 heterocycles. The molecule has 0 bridgehead atoms. The first-order valence-corrected chi connectivity index (χ1v) is 5.26. The van der Waals surface area contributed by atoms with Crippen molar-refractivity contribution in [2.45, 2.75) is 6.42 Å². The number of ether oxygens (including phenoxy) is 1. The first-order valence-electron chi connectivity index (χ1n) is 4.46. The average molecular weight is 280 g/mol.